The topological polar surface area (TPSA) is 37.4 Å². The van der Waals surface area contributed by atoms with Crippen LogP contribution in [-0.2, 0) is 9.59 Å². The standard InChI is InChI=1S/C16H14INO2/c17-11-5-7-12(8-6-11)18-15(19)13-9-1-2-10(4-3-9)14(13)16(18)20/h1-2,5-10,13-14H,3-4H2/t9-,10+,13-,14-/m0/s1. The lowest BCUT2D eigenvalue weighted by molar-refractivity contribution is -0.124. The third kappa shape index (κ3) is 1.63. The van der Waals surface area contributed by atoms with Gasteiger partial charge in [-0.2, -0.15) is 0 Å². The van der Waals surface area contributed by atoms with Gasteiger partial charge in [-0.25, -0.2) is 0 Å². The molecule has 2 amide bonds. The maximum absolute atomic E-state index is 12.7. The van der Waals surface area contributed by atoms with Crippen LogP contribution in [0, 0.1) is 27.2 Å². The smallest absolute Gasteiger partial charge is 0.238 e. The third-order valence-corrected chi connectivity index (χ3v) is 5.56. The molecule has 1 aromatic rings. The molecule has 0 N–H and O–H groups in total. The van der Waals surface area contributed by atoms with Gasteiger partial charge in [0.2, 0.25) is 11.8 Å². The van der Waals surface area contributed by atoms with Crippen LogP contribution in [0.1, 0.15) is 12.8 Å². The lowest BCUT2D eigenvalue weighted by Gasteiger charge is -2.38. The van der Waals surface area contributed by atoms with Crippen molar-refractivity contribution in [2.75, 3.05) is 4.90 Å². The summed E-state index contributed by atoms with van der Waals surface area (Å²) in [4.78, 5) is 26.8. The van der Waals surface area contributed by atoms with E-state index in [0.29, 0.717) is 5.69 Å². The molecule has 4 heteroatoms. The Bertz CT molecular complexity index is 590. The monoisotopic (exact) mass is 379 g/mol. The number of carbonyl (C=O) groups excluding carboxylic acids is 2. The van der Waals surface area contributed by atoms with Crippen molar-refractivity contribution in [2.24, 2.45) is 23.7 Å². The van der Waals surface area contributed by atoms with Crippen LogP contribution in [0.25, 0.3) is 0 Å². The van der Waals surface area contributed by atoms with Gasteiger partial charge in [0.15, 0.2) is 0 Å². The van der Waals surface area contributed by atoms with Crippen molar-refractivity contribution in [1.82, 2.24) is 0 Å². The van der Waals surface area contributed by atoms with Crippen LogP contribution in [0.15, 0.2) is 36.4 Å². The van der Waals surface area contributed by atoms with Crippen molar-refractivity contribution in [2.45, 2.75) is 12.8 Å². The van der Waals surface area contributed by atoms with Gasteiger partial charge >= 0.3 is 0 Å². The molecule has 102 valence electrons. The first-order chi connectivity index (χ1) is 9.66. The number of halogens is 1. The summed E-state index contributed by atoms with van der Waals surface area (Å²) in [7, 11) is 0. The van der Waals surface area contributed by atoms with Crippen LogP contribution in [0.5, 0.6) is 0 Å². The number of amides is 2. The van der Waals surface area contributed by atoms with E-state index < -0.39 is 0 Å². The predicted octanol–water partition coefficient (Wildman–Crippen LogP) is 2.99. The number of carbonyl (C=O) groups is 2. The van der Waals surface area contributed by atoms with Crippen molar-refractivity contribution < 1.29 is 9.59 Å². The summed E-state index contributed by atoms with van der Waals surface area (Å²) in [5.41, 5.74) is 0.717. The molecule has 0 spiro atoms. The largest absolute Gasteiger partial charge is 0.274 e. The van der Waals surface area contributed by atoms with E-state index in [9.17, 15) is 9.59 Å². The Balaban J connectivity index is 1.75. The second kappa shape index (κ2) is 4.41. The number of fused-ring (bicyclic) bond motifs is 1. The van der Waals surface area contributed by atoms with Gasteiger partial charge in [0.05, 0.1) is 17.5 Å². The van der Waals surface area contributed by atoms with Crippen LogP contribution in [0.4, 0.5) is 5.69 Å². The molecule has 5 rings (SSSR count). The van der Waals surface area contributed by atoms with E-state index in [1.54, 1.807) is 0 Å². The number of rotatable bonds is 1. The minimum atomic E-state index is -0.120. The molecule has 20 heavy (non-hydrogen) atoms. The summed E-state index contributed by atoms with van der Waals surface area (Å²) in [5.74, 6) is 0.280. The van der Waals surface area contributed by atoms with Gasteiger partial charge in [0, 0.05) is 3.57 Å². The minimum absolute atomic E-state index is 0.000239. The van der Waals surface area contributed by atoms with E-state index in [-0.39, 0.29) is 35.5 Å². The first-order valence-corrected chi connectivity index (χ1v) is 8.06. The van der Waals surface area contributed by atoms with E-state index in [2.05, 4.69) is 34.7 Å². The van der Waals surface area contributed by atoms with Gasteiger partial charge < -0.3 is 0 Å². The summed E-state index contributed by atoms with van der Waals surface area (Å²) in [6.45, 7) is 0. The molecule has 1 saturated carbocycles. The maximum Gasteiger partial charge on any atom is 0.238 e. The average molecular weight is 379 g/mol. The molecule has 2 fully saturated rings. The first kappa shape index (κ1) is 12.6. The zero-order valence-electron chi connectivity index (χ0n) is 10.8. The predicted molar refractivity (Wildman–Crippen MR) is 84.0 cm³/mol. The Morgan fingerprint density at radius 1 is 0.900 bits per heavy atom. The zero-order chi connectivity index (χ0) is 13.9. The summed E-state index contributed by atoms with van der Waals surface area (Å²) in [5, 5.41) is 0. The quantitative estimate of drug-likeness (QED) is 0.428. The van der Waals surface area contributed by atoms with E-state index in [0.717, 1.165) is 16.4 Å². The number of imide groups is 1. The highest BCUT2D eigenvalue weighted by atomic mass is 127. The SMILES string of the molecule is O=C1[C@@H]2[C@@H](C(=O)N1c1ccc(I)cc1)[C@H]1C=C[C@@H]2CC1. The number of hydrogen-bond donors (Lipinski definition) is 0. The lowest BCUT2D eigenvalue weighted by atomic mass is 9.63. The second-order valence-electron chi connectivity index (χ2n) is 5.83. The Morgan fingerprint density at radius 3 is 1.85 bits per heavy atom. The van der Waals surface area contributed by atoms with Gasteiger partial charge in [-0.3, -0.25) is 14.5 Å². The van der Waals surface area contributed by atoms with Gasteiger partial charge in [0.1, 0.15) is 0 Å². The first-order valence-electron chi connectivity index (χ1n) is 6.98. The molecule has 0 unspecified atom stereocenters. The summed E-state index contributed by atoms with van der Waals surface area (Å²) in [6.07, 6.45) is 6.39. The highest BCUT2D eigenvalue weighted by molar-refractivity contribution is 14.1. The highest BCUT2D eigenvalue weighted by Gasteiger charge is 2.56. The second-order valence-corrected chi connectivity index (χ2v) is 7.08. The molecule has 3 nitrogen and oxygen atoms in total. The van der Waals surface area contributed by atoms with Crippen LogP contribution >= 0.6 is 22.6 Å². The highest BCUT2D eigenvalue weighted by Crippen LogP contribution is 2.50. The number of allylic oxidation sites excluding steroid dienone is 2. The van der Waals surface area contributed by atoms with Gasteiger partial charge in [-0.1, -0.05) is 12.2 Å². The molecule has 4 atom stereocenters. The third-order valence-electron chi connectivity index (χ3n) is 4.84. The molecule has 0 radical (unpaired) electrons. The number of nitrogens with zero attached hydrogens (tertiary/aromatic N) is 1. The number of hydrogen-bond acceptors (Lipinski definition) is 2. The molecule has 1 saturated heterocycles. The Labute approximate surface area is 131 Å². The van der Waals surface area contributed by atoms with Gasteiger partial charge in [0.25, 0.3) is 0 Å². The fourth-order valence-corrected chi connectivity index (χ4v) is 4.28. The van der Waals surface area contributed by atoms with Gasteiger partial charge in [-0.15, -0.1) is 0 Å². The summed E-state index contributed by atoms with van der Waals surface area (Å²) in [6, 6.07) is 7.60. The van der Waals surface area contributed by atoms with Crippen LogP contribution in [-0.4, -0.2) is 11.8 Å². The number of benzene rings is 1. The molecular weight excluding hydrogens is 365 g/mol. The molecular formula is C16H14INO2. The number of anilines is 1. The zero-order valence-corrected chi connectivity index (χ0v) is 13.0. The average Bonchev–Trinajstić information content (AvgIpc) is 2.76. The van der Waals surface area contributed by atoms with Gasteiger partial charge in [-0.05, 0) is 71.5 Å². The molecule has 3 aliphatic carbocycles. The fraction of sp³-hybridized carbons (Fsp3) is 0.375. The van der Waals surface area contributed by atoms with E-state index in [4.69, 9.17) is 0 Å². The fourth-order valence-electron chi connectivity index (χ4n) is 3.92. The van der Waals surface area contributed by atoms with Crippen molar-refractivity contribution in [3.8, 4) is 0 Å². The van der Waals surface area contributed by atoms with Crippen LogP contribution in [0.3, 0.4) is 0 Å². The molecule has 1 aliphatic heterocycles. The Kier molecular flexibility index (Phi) is 2.77. The van der Waals surface area contributed by atoms with Crippen LogP contribution < -0.4 is 4.90 Å². The molecule has 0 aromatic heterocycles. The minimum Gasteiger partial charge on any atom is -0.274 e. The maximum atomic E-state index is 12.7. The normalized spacial score (nSPS) is 34.8. The van der Waals surface area contributed by atoms with E-state index in [1.165, 1.54) is 4.90 Å². The van der Waals surface area contributed by atoms with Crippen molar-refractivity contribution >= 4 is 40.1 Å². The lowest BCUT2D eigenvalue weighted by Crippen LogP contribution is -2.38. The Morgan fingerprint density at radius 2 is 1.40 bits per heavy atom. The molecule has 1 aromatic carbocycles. The van der Waals surface area contributed by atoms with E-state index in [1.807, 2.05) is 24.3 Å². The summed E-state index contributed by atoms with van der Waals surface area (Å²) >= 11 is 2.22. The molecule has 2 bridgehead atoms. The molecule has 4 aliphatic rings. The van der Waals surface area contributed by atoms with Crippen molar-refractivity contribution in [3.63, 3.8) is 0 Å². The van der Waals surface area contributed by atoms with Crippen molar-refractivity contribution in [3.05, 3.63) is 40.0 Å². The Hall–Kier alpha value is -1.17. The summed E-state index contributed by atoms with van der Waals surface area (Å²) < 4.78 is 1.10. The molecule has 1 heterocycles. The van der Waals surface area contributed by atoms with Crippen molar-refractivity contribution in [1.29, 1.82) is 0 Å². The van der Waals surface area contributed by atoms with E-state index >= 15 is 0 Å². The van der Waals surface area contributed by atoms with Crippen LogP contribution in [0.2, 0.25) is 0 Å².